The molecular formula is C131H123N10+3. The number of hydrogen-bond acceptors (Lipinski definition) is 0. The monoisotopic (exact) mass is 1840 g/mol. The maximum absolute atomic E-state index is 9.13. The first kappa shape index (κ1) is 83.5. The number of nitrogens with zero attached hydrogens (tertiary/aromatic N) is 10. The van der Waals surface area contributed by atoms with E-state index in [1.807, 2.05) is 58.4 Å². The fraction of sp³-hybridized carbons (Fsp3) is 0.198. The van der Waals surface area contributed by atoms with Crippen LogP contribution in [0.1, 0.15) is 164 Å². The largest absolute Gasteiger partial charge is 0.309 e. The van der Waals surface area contributed by atoms with Gasteiger partial charge in [-0.15, -0.1) is 0 Å². The molecule has 0 atom stereocenters. The molecule has 25 aromatic rings. The van der Waals surface area contributed by atoms with Gasteiger partial charge in [0.25, 0.3) is 17.5 Å². The number of aromatic nitrogens is 10. The Balaban J connectivity index is 0.000000121. The fourth-order valence-electron chi connectivity index (χ4n) is 23.7. The van der Waals surface area contributed by atoms with E-state index in [1.165, 1.54) is 170 Å². The molecule has 0 fully saturated rings. The molecule has 0 spiro atoms. The number of benzene rings is 15. The maximum atomic E-state index is 9.13. The highest BCUT2D eigenvalue weighted by Gasteiger charge is 2.34. The van der Waals surface area contributed by atoms with E-state index < -0.39 is 18.6 Å². The molecule has 15 aromatic carbocycles. The Morgan fingerprint density at radius 3 is 0.809 bits per heavy atom. The van der Waals surface area contributed by atoms with Gasteiger partial charge >= 0.3 is 0 Å². The van der Waals surface area contributed by atoms with Crippen LogP contribution in [0.25, 0.3) is 204 Å². The van der Waals surface area contributed by atoms with Crippen LogP contribution < -0.4 is 13.7 Å². The summed E-state index contributed by atoms with van der Waals surface area (Å²) in [6.45, 7) is 34.9. The minimum atomic E-state index is -2.17. The summed E-state index contributed by atoms with van der Waals surface area (Å²) in [5.74, 6) is 1.39. The van der Waals surface area contributed by atoms with Crippen molar-refractivity contribution in [3.63, 3.8) is 0 Å². The number of aryl methyl sites for hydroxylation is 8. The zero-order valence-electron chi connectivity index (χ0n) is 89.5. The topological polar surface area (TPSA) is 46.1 Å². The number of fused-ring (bicyclic) bond motifs is 21. The van der Waals surface area contributed by atoms with Crippen LogP contribution in [0.3, 0.4) is 0 Å². The van der Waals surface area contributed by atoms with E-state index in [1.54, 1.807) is 6.20 Å². The molecule has 0 aliphatic heterocycles. The van der Waals surface area contributed by atoms with Crippen LogP contribution in [0.4, 0.5) is 0 Å². The van der Waals surface area contributed by atoms with Crippen molar-refractivity contribution in [2.45, 2.75) is 153 Å². The lowest BCUT2D eigenvalue weighted by Crippen LogP contribution is -2.34. The second-order valence-electron chi connectivity index (χ2n) is 42.5. The highest BCUT2D eigenvalue weighted by atomic mass is 15.2. The van der Waals surface area contributed by atoms with Gasteiger partial charge < -0.3 is 18.3 Å². The van der Waals surface area contributed by atoms with Crippen LogP contribution in [0.15, 0.2) is 352 Å². The van der Waals surface area contributed by atoms with E-state index >= 15 is 0 Å². The summed E-state index contributed by atoms with van der Waals surface area (Å²) in [7, 11) is 6.22. The van der Waals surface area contributed by atoms with Gasteiger partial charge in [0, 0.05) is 134 Å². The number of para-hydroxylation sites is 8. The second kappa shape index (κ2) is 33.6. The third-order valence-corrected chi connectivity index (χ3v) is 30.1. The molecule has 10 heterocycles. The van der Waals surface area contributed by atoms with Crippen LogP contribution in [-0.4, -0.2) is 32.0 Å². The zero-order chi connectivity index (χ0) is 102. The lowest BCUT2D eigenvalue weighted by molar-refractivity contribution is -0.665. The molecular weight excluding hydrogens is 1710 g/mol. The van der Waals surface area contributed by atoms with Gasteiger partial charge in [0.15, 0.2) is 0 Å². The number of hydrogen-bond donors (Lipinski definition) is 0. The molecule has 0 aliphatic carbocycles. The minimum absolute atomic E-state index is 0.000691. The maximum Gasteiger partial charge on any atom is 0.288 e. The zero-order valence-corrected chi connectivity index (χ0v) is 84.5. The van der Waals surface area contributed by atoms with Crippen molar-refractivity contribution in [2.24, 2.45) is 21.1 Å². The Morgan fingerprint density at radius 1 is 0.248 bits per heavy atom. The van der Waals surface area contributed by atoms with Crippen molar-refractivity contribution in [1.29, 1.82) is 0 Å². The van der Waals surface area contributed by atoms with Crippen molar-refractivity contribution in [3.8, 4) is 51.3 Å². The summed E-state index contributed by atoms with van der Waals surface area (Å²) in [6, 6.07) is 121. The third-order valence-electron chi connectivity index (χ3n) is 30.1. The molecule has 694 valence electrons. The molecule has 0 saturated heterocycles. The van der Waals surface area contributed by atoms with Gasteiger partial charge in [-0.2, -0.15) is 13.7 Å². The molecule has 0 N–H and O–H groups in total. The summed E-state index contributed by atoms with van der Waals surface area (Å²) in [4.78, 5) is 0. The van der Waals surface area contributed by atoms with Crippen LogP contribution in [0, 0.1) is 34.5 Å². The van der Waals surface area contributed by atoms with Gasteiger partial charge in [-0.05, 0) is 240 Å². The standard InChI is InChI=1S/C47H39N4.C47H48N3.C37H36N3/c1-30-39(47(2,3)4)24-23-37-38-28-31(49-40-18-10-6-14-33(40)34-15-7-11-19-41(34)49)22-25-44(38)51(46(30)37)45-29-32(26-27-48(45)5)50-42-20-12-8-16-35(42)36-17-9-13-21-43(36)50;1-29(2)34-17-14-18-35(30(3)4)45(34)32-25-26-48(9)44(27-32)50-43-24-21-33(28-39(43)38-22-23-40(47(6,7)8)31(5)46(38)50)49-41-19-12-10-15-36(41)37-16-11-13-20-42(37)49;1-23-20-35(38(7)22-24(23)2)40-34-19-16-26(21-30(34)29-17-18-31(37(4,5)6)25(3)36(29)40)39-32-14-10-8-12-27(32)28-13-9-11-15-33(28)39/h6-29H,1-5H3;10-30H,1-9H3;8-22H,1-7H3/q3*+1/i;29D,30D;2D3. The molecule has 0 saturated carbocycles. The van der Waals surface area contributed by atoms with E-state index in [4.69, 9.17) is 6.85 Å². The average Bonchev–Trinajstić information content (AvgIpc) is 1.56. The Bertz CT molecular complexity index is 9490. The Kier molecular flexibility index (Phi) is 19.9. The van der Waals surface area contributed by atoms with Crippen molar-refractivity contribution in [1.82, 2.24) is 32.0 Å². The molecule has 10 nitrogen and oxygen atoms in total. The SMILES string of the molecule is Cc1c(C(C)(C)C)ccc2c3cc(-n4c5ccccc5c5ccccc54)ccc3n(-c3cc(-n4c5ccccc5c5ccccc54)cc[n+]3C)c12.[2H]C(C)(C)c1cccc(C([2H])(C)C)c1-c1cc[n+](C)c(-n2c3ccc(-n4c5ccccc5c5ccccc54)cc3c3ccc(C(C)(C)C)c(C)c32)c1.[2H]C([2H])([2H])c1c[n+](C)c(-n2c3ccc(-n4c5ccccc5c5ccccc54)cc3c3ccc(C(C)(C)C)c(C)c32)cc1C. The van der Waals surface area contributed by atoms with E-state index in [2.05, 4.69) is 472 Å². The minimum Gasteiger partial charge on any atom is -0.309 e. The first-order chi connectivity index (χ1) is 69.7. The van der Waals surface area contributed by atoms with Crippen molar-refractivity contribution < 1.29 is 20.6 Å². The summed E-state index contributed by atoms with van der Waals surface area (Å²) >= 11 is 0. The lowest BCUT2D eigenvalue weighted by atomic mass is 9.83. The van der Waals surface area contributed by atoms with Gasteiger partial charge in [0.05, 0.1) is 95.6 Å². The molecule has 0 amide bonds. The predicted molar refractivity (Wildman–Crippen MR) is 597 cm³/mol. The Morgan fingerprint density at radius 2 is 0.518 bits per heavy atom. The quantitative estimate of drug-likeness (QED) is 0.123. The lowest BCUT2D eigenvalue weighted by Gasteiger charge is -2.22. The van der Waals surface area contributed by atoms with Gasteiger partial charge in [-0.25, -0.2) is 13.7 Å². The van der Waals surface area contributed by atoms with E-state index in [9.17, 15) is 0 Å². The fourth-order valence-corrected chi connectivity index (χ4v) is 23.7. The van der Waals surface area contributed by atoms with Gasteiger partial charge in [0.1, 0.15) is 33.1 Å². The Hall–Kier alpha value is -15.7. The highest BCUT2D eigenvalue weighted by molar-refractivity contribution is 6.18. The van der Waals surface area contributed by atoms with Crippen molar-refractivity contribution in [3.05, 3.63) is 408 Å². The van der Waals surface area contributed by atoms with Crippen molar-refractivity contribution >= 4 is 153 Å². The van der Waals surface area contributed by atoms with Crippen LogP contribution in [-0.2, 0) is 37.4 Å². The van der Waals surface area contributed by atoms with E-state index in [0.717, 1.165) is 84.3 Å². The van der Waals surface area contributed by atoms with Gasteiger partial charge in [-0.3, -0.25) is 0 Å². The second-order valence-corrected chi connectivity index (χ2v) is 42.5. The molecule has 0 unspecified atom stereocenters. The first-order valence-corrected chi connectivity index (χ1v) is 49.6. The molecule has 10 aromatic heterocycles. The molecule has 141 heavy (non-hydrogen) atoms. The summed E-state index contributed by atoms with van der Waals surface area (Å²) in [6.07, 6.45) is 6.11. The number of pyridine rings is 3. The summed E-state index contributed by atoms with van der Waals surface area (Å²) in [5.41, 5.74) is 33.9. The molecule has 25 rings (SSSR count). The van der Waals surface area contributed by atoms with Crippen molar-refractivity contribution in [2.75, 3.05) is 0 Å². The smallest absolute Gasteiger partial charge is 0.288 e. The normalized spacial score (nSPS) is 13.2. The summed E-state index contributed by atoms with van der Waals surface area (Å²) < 4.78 is 65.7. The third kappa shape index (κ3) is 14.3. The molecule has 0 bridgehead atoms. The van der Waals surface area contributed by atoms with Crippen LogP contribution >= 0.6 is 0 Å². The van der Waals surface area contributed by atoms with E-state index in [0.29, 0.717) is 5.56 Å². The predicted octanol–water partition coefficient (Wildman–Crippen LogP) is 32.6. The van der Waals surface area contributed by atoms with Gasteiger partial charge in [-0.1, -0.05) is 272 Å². The Labute approximate surface area is 832 Å². The van der Waals surface area contributed by atoms with Gasteiger partial charge in [0.2, 0.25) is 0 Å². The number of rotatable bonds is 10. The molecule has 0 radical (unpaired) electrons. The highest BCUT2D eigenvalue weighted by Crippen LogP contribution is 2.48. The molecule has 0 aliphatic rings. The van der Waals surface area contributed by atoms with E-state index in [-0.39, 0.29) is 16.2 Å². The first-order valence-electron chi connectivity index (χ1n) is 52.1. The molecule has 10 heteroatoms. The average molecular weight is 1840 g/mol. The van der Waals surface area contributed by atoms with Crippen LogP contribution in [0.5, 0.6) is 0 Å². The summed E-state index contributed by atoms with van der Waals surface area (Å²) in [5, 5.41) is 17.3. The van der Waals surface area contributed by atoms with Crippen LogP contribution in [0.2, 0.25) is 0 Å².